The molecule has 96 valence electrons. The molecule has 0 saturated heterocycles. The molecule has 1 aliphatic rings. The van der Waals surface area contributed by atoms with Crippen molar-refractivity contribution in [1.29, 1.82) is 0 Å². The first-order chi connectivity index (χ1) is 9.72. The molecule has 0 amide bonds. The van der Waals surface area contributed by atoms with E-state index in [0.29, 0.717) is 6.42 Å². The summed E-state index contributed by atoms with van der Waals surface area (Å²) in [6.07, 6.45) is 4.19. The van der Waals surface area contributed by atoms with Gasteiger partial charge in [-0.25, -0.2) is 0 Å². The summed E-state index contributed by atoms with van der Waals surface area (Å²) >= 11 is 0. The van der Waals surface area contributed by atoms with Crippen molar-refractivity contribution < 1.29 is 4.79 Å². The molecule has 0 radical (unpaired) electrons. The van der Waals surface area contributed by atoms with E-state index in [-0.39, 0.29) is 5.78 Å². The van der Waals surface area contributed by atoms with Gasteiger partial charge in [-0.05, 0) is 50.9 Å². The molecule has 2 N–H and O–H groups in total. The number of benzene rings is 3. The van der Waals surface area contributed by atoms with E-state index < -0.39 is 0 Å². The molecule has 1 aliphatic carbocycles. The van der Waals surface area contributed by atoms with Crippen LogP contribution in [0.3, 0.4) is 0 Å². The molecule has 0 spiro atoms. The van der Waals surface area contributed by atoms with E-state index >= 15 is 0 Å². The lowest BCUT2D eigenvalue weighted by atomic mass is 9.96. The number of ketones is 1. The molecular weight excluding hydrogens is 246 g/mol. The van der Waals surface area contributed by atoms with Crippen LogP contribution >= 0.6 is 0 Å². The zero-order chi connectivity index (χ0) is 13.7. The topological polar surface area (TPSA) is 43.1 Å². The standard InChI is InChI=1S/C18H13NO/c19-18-10-12-3-1-2-4-15(12)16-8-11-5-6-14(20)7-13(11)9-17(16)18/h1-5,7-10H,6,19H2. The van der Waals surface area contributed by atoms with Gasteiger partial charge in [-0.1, -0.05) is 30.3 Å². The Kier molecular flexibility index (Phi) is 2.21. The molecule has 2 heteroatoms. The number of hydrogen-bond acceptors (Lipinski definition) is 2. The highest BCUT2D eigenvalue weighted by molar-refractivity contribution is 6.14. The highest BCUT2D eigenvalue weighted by Gasteiger charge is 2.07. The minimum absolute atomic E-state index is 0.149. The third-order valence-corrected chi connectivity index (χ3v) is 3.94. The molecule has 3 aromatic rings. The van der Waals surface area contributed by atoms with Gasteiger partial charge in [0, 0.05) is 17.5 Å². The van der Waals surface area contributed by atoms with Crippen LogP contribution in [-0.4, -0.2) is 5.78 Å². The zero-order valence-corrected chi connectivity index (χ0v) is 10.9. The van der Waals surface area contributed by atoms with E-state index in [1.807, 2.05) is 30.3 Å². The summed E-state index contributed by atoms with van der Waals surface area (Å²) in [5.74, 6) is 0.149. The molecule has 0 fully saturated rings. The quantitative estimate of drug-likeness (QED) is 0.496. The first-order valence-corrected chi connectivity index (χ1v) is 6.68. The van der Waals surface area contributed by atoms with Crippen molar-refractivity contribution in [2.75, 3.05) is 5.73 Å². The van der Waals surface area contributed by atoms with Crippen molar-refractivity contribution in [3.8, 4) is 0 Å². The average molecular weight is 259 g/mol. The van der Waals surface area contributed by atoms with Crippen molar-refractivity contribution in [3.05, 3.63) is 52.9 Å². The summed E-state index contributed by atoms with van der Waals surface area (Å²) in [4.78, 5) is 11.5. The molecule has 0 unspecified atom stereocenters. The average Bonchev–Trinajstić information content (AvgIpc) is 2.46. The lowest BCUT2D eigenvalue weighted by Gasteiger charge is -2.09. The van der Waals surface area contributed by atoms with Crippen LogP contribution in [0.2, 0.25) is 0 Å². The van der Waals surface area contributed by atoms with E-state index in [9.17, 15) is 4.79 Å². The number of nitrogen functional groups attached to an aromatic ring is 1. The summed E-state index contributed by atoms with van der Waals surface area (Å²) in [7, 11) is 0. The van der Waals surface area contributed by atoms with E-state index in [4.69, 9.17) is 5.73 Å². The number of nitrogens with two attached hydrogens (primary N) is 1. The number of rotatable bonds is 0. The van der Waals surface area contributed by atoms with Crippen molar-refractivity contribution in [2.45, 2.75) is 6.42 Å². The van der Waals surface area contributed by atoms with Gasteiger partial charge in [0.2, 0.25) is 0 Å². The number of anilines is 1. The van der Waals surface area contributed by atoms with Crippen LogP contribution < -0.4 is 16.2 Å². The predicted molar refractivity (Wildman–Crippen MR) is 83.7 cm³/mol. The lowest BCUT2D eigenvalue weighted by molar-refractivity contribution is -0.112. The highest BCUT2D eigenvalue weighted by Crippen LogP contribution is 2.28. The normalized spacial score (nSPS) is 13.9. The first kappa shape index (κ1) is 11.2. The molecule has 0 saturated carbocycles. The van der Waals surface area contributed by atoms with E-state index in [1.54, 1.807) is 6.08 Å². The largest absolute Gasteiger partial charge is 0.398 e. The Hall–Kier alpha value is -2.61. The smallest absolute Gasteiger partial charge is 0.160 e. The van der Waals surface area contributed by atoms with Crippen molar-refractivity contribution in [2.24, 2.45) is 0 Å². The van der Waals surface area contributed by atoms with Crippen molar-refractivity contribution in [3.63, 3.8) is 0 Å². The fourth-order valence-electron chi connectivity index (χ4n) is 2.95. The second kappa shape index (κ2) is 3.94. The molecule has 4 rings (SSSR count). The summed E-state index contributed by atoms with van der Waals surface area (Å²) in [5, 5.41) is 6.60. The molecule has 0 heterocycles. The minimum Gasteiger partial charge on any atom is -0.398 e. The zero-order valence-electron chi connectivity index (χ0n) is 10.9. The lowest BCUT2D eigenvalue weighted by Crippen LogP contribution is -2.29. The van der Waals surface area contributed by atoms with Gasteiger partial charge in [0.05, 0.1) is 0 Å². The maximum atomic E-state index is 11.5. The summed E-state index contributed by atoms with van der Waals surface area (Å²) < 4.78 is 0. The molecule has 2 nitrogen and oxygen atoms in total. The predicted octanol–water partition coefficient (Wildman–Crippen LogP) is 2.11. The van der Waals surface area contributed by atoms with Crippen LogP contribution in [0, 0.1) is 0 Å². The fraction of sp³-hybridized carbons (Fsp3) is 0.0556. The monoisotopic (exact) mass is 259 g/mol. The Morgan fingerprint density at radius 1 is 0.900 bits per heavy atom. The summed E-state index contributed by atoms with van der Waals surface area (Å²) in [6.45, 7) is 0. The Labute approximate surface area is 115 Å². The Bertz CT molecular complexity index is 999. The summed E-state index contributed by atoms with van der Waals surface area (Å²) in [5.41, 5.74) is 6.94. The van der Waals surface area contributed by atoms with Gasteiger partial charge in [0.1, 0.15) is 0 Å². The maximum absolute atomic E-state index is 11.5. The molecule has 0 bridgehead atoms. The minimum atomic E-state index is 0.149. The van der Waals surface area contributed by atoms with E-state index in [1.165, 1.54) is 5.39 Å². The van der Waals surface area contributed by atoms with Gasteiger partial charge < -0.3 is 5.73 Å². The Balaban J connectivity index is 2.27. The van der Waals surface area contributed by atoms with E-state index in [0.717, 1.165) is 32.3 Å². The number of hydrogen-bond donors (Lipinski definition) is 1. The second-order valence-electron chi connectivity index (χ2n) is 5.23. The van der Waals surface area contributed by atoms with Crippen LogP contribution in [0.5, 0.6) is 0 Å². The van der Waals surface area contributed by atoms with Crippen molar-refractivity contribution >= 4 is 45.2 Å². The number of carbonyl (C=O) groups excluding carboxylic acids is 1. The SMILES string of the molecule is Nc1cc2ccccc2c2cc3c(cc12)=CC(=O)CC=3. The van der Waals surface area contributed by atoms with Gasteiger partial charge in [0.15, 0.2) is 5.78 Å². The molecule has 20 heavy (non-hydrogen) atoms. The van der Waals surface area contributed by atoms with Gasteiger partial charge in [0.25, 0.3) is 0 Å². The first-order valence-electron chi connectivity index (χ1n) is 6.68. The van der Waals surface area contributed by atoms with Gasteiger partial charge in [-0.15, -0.1) is 0 Å². The number of Topliss-reactive ketones (excluding diaryl/α,β-unsaturated/α-hetero) is 1. The number of fused-ring (bicyclic) bond motifs is 4. The van der Waals surface area contributed by atoms with Crippen LogP contribution in [0.25, 0.3) is 33.7 Å². The van der Waals surface area contributed by atoms with Crippen LogP contribution in [0.15, 0.2) is 42.5 Å². The second-order valence-corrected chi connectivity index (χ2v) is 5.23. The third kappa shape index (κ3) is 1.55. The molecule has 0 atom stereocenters. The molecular formula is C18H13NO. The van der Waals surface area contributed by atoms with Gasteiger partial charge in [-0.2, -0.15) is 0 Å². The van der Waals surface area contributed by atoms with Crippen LogP contribution in [0.1, 0.15) is 6.42 Å². The third-order valence-electron chi connectivity index (χ3n) is 3.94. The Morgan fingerprint density at radius 2 is 1.70 bits per heavy atom. The molecule has 0 aromatic heterocycles. The Morgan fingerprint density at radius 3 is 2.60 bits per heavy atom. The van der Waals surface area contributed by atoms with E-state index in [2.05, 4.69) is 18.2 Å². The summed E-state index contributed by atoms with van der Waals surface area (Å²) in [6, 6.07) is 14.4. The molecule has 3 aromatic carbocycles. The maximum Gasteiger partial charge on any atom is 0.160 e. The number of carbonyl (C=O) groups is 1. The van der Waals surface area contributed by atoms with Crippen LogP contribution in [-0.2, 0) is 4.79 Å². The van der Waals surface area contributed by atoms with Crippen LogP contribution in [0.4, 0.5) is 5.69 Å². The molecule has 0 aliphatic heterocycles. The van der Waals surface area contributed by atoms with Gasteiger partial charge >= 0.3 is 0 Å². The van der Waals surface area contributed by atoms with Gasteiger partial charge in [-0.3, -0.25) is 4.79 Å². The van der Waals surface area contributed by atoms with Crippen molar-refractivity contribution in [1.82, 2.24) is 0 Å². The highest BCUT2D eigenvalue weighted by atomic mass is 16.1. The fourth-order valence-corrected chi connectivity index (χ4v) is 2.95.